The van der Waals surface area contributed by atoms with Crippen LogP contribution in [0.5, 0.6) is 0 Å². The van der Waals surface area contributed by atoms with E-state index in [0.29, 0.717) is 0 Å². The van der Waals surface area contributed by atoms with Crippen molar-refractivity contribution in [2.75, 3.05) is 0 Å². The van der Waals surface area contributed by atoms with Crippen molar-refractivity contribution in [3.05, 3.63) is 47.9 Å². The number of allylic oxidation sites excluding steroid dienone is 4. The van der Waals surface area contributed by atoms with Gasteiger partial charge in [-0.3, -0.25) is 0 Å². The summed E-state index contributed by atoms with van der Waals surface area (Å²) in [5.74, 6) is 0. The van der Waals surface area contributed by atoms with E-state index in [4.69, 9.17) is 0 Å². The van der Waals surface area contributed by atoms with Gasteiger partial charge in [-0.15, -0.1) is 0 Å². The highest BCUT2D eigenvalue weighted by molar-refractivity contribution is 6.86. The van der Waals surface area contributed by atoms with E-state index in [-0.39, 0.29) is 0 Å². The fourth-order valence-corrected chi connectivity index (χ4v) is 2.31. The van der Waals surface area contributed by atoms with Gasteiger partial charge in [-0.25, -0.2) is 0 Å². The van der Waals surface area contributed by atoms with Gasteiger partial charge in [0.2, 0.25) is 0 Å². The molecule has 0 saturated heterocycles. The van der Waals surface area contributed by atoms with Gasteiger partial charge < -0.3 is 0 Å². The highest BCUT2D eigenvalue weighted by atomic mass is 28.3. The largest absolute Gasteiger partial charge is 0.0961 e. The Balaban J connectivity index is 4.40. The van der Waals surface area contributed by atoms with Crippen molar-refractivity contribution in [1.29, 1.82) is 0 Å². The SMILES string of the molecule is C=C(C)/C=C/[Si](C)(C)/C=C/C(=C)C. The Morgan fingerprint density at radius 1 is 0.923 bits per heavy atom. The Labute approximate surface area is 83.4 Å². The molecule has 0 aliphatic heterocycles. The van der Waals surface area contributed by atoms with E-state index in [2.05, 4.69) is 49.8 Å². The third kappa shape index (κ3) is 7.53. The van der Waals surface area contributed by atoms with Crippen molar-refractivity contribution in [3.63, 3.8) is 0 Å². The van der Waals surface area contributed by atoms with Gasteiger partial charge in [0.1, 0.15) is 0 Å². The van der Waals surface area contributed by atoms with Crippen LogP contribution < -0.4 is 0 Å². The van der Waals surface area contributed by atoms with Crippen LogP contribution in [0.15, 0.2) is 47.9 Å². The number of hydrogen-bond donors (Lipinski definition) is 0. The number of hydrogen-bond acceptors (Lipinski definition) is 0. The molecule has 0 nitrogen and oxygen atoms in total. The highest BCUT2D eigenvalue weighted by Gasteiger charge is 2.10. The van der Waals surface area contributed by atoms with E-state index in [9.17, 15) is 0 Å². The van der Waals surface area contributed by atoms with Gasteiger partial charge in [0.15, 0.2) is 0 Å². The minimum Gasteiger partial charge on any atom is -0.0961 e. The first-order valence-corrected chi connectivity index (χ1v) is 7.68. The first-order chi connectivity index (χ1) is 5.83. The molecule has 0 heterocycles. The summed E-state index contributed by atoms with van der Waals surface area (Å²) in [6.07, 6.45) is 4.21. The van der Waals surface area contributed by atoms with Crippen LogP contribution in [0.4, 0.5) is 0 Å². The molecule has 0 spiro atoms. The second-order valence-electron chi connectivity index (χ2n) is 4.18. The fourth-order valence-electron chi connectivity index (χ4n) is 0.770. The van der Waals surface area contributed by atoms with Crippen LogP contribution in [-0.2, 0) is 0 Å². The van der Waals surface area contributed by atoms with Crippen molar-refractivity contribution < 1.29 is 0 Å². The average Bonchev–Trinajstić information content (AvgIpc) is 1.98. The topological polar surface area (TPSA) is 0 Å². The molecule has 0 N–H and O–H groups in total. The van der Waals surface area contributed by atoms with Crippen LogP contribution in [0, 0.1) is 0 Å². The van der Waals surface area contributed by atoms with Gasteiger partial charge >= 0.3 is 0 Å². The standard InChI is InChI=1S/C12H20Si/c1-11(2)7-9-13(5,6)10-8-12(3)4/h7-10H,1,3H2,2,4-6H3/b9-7+,10-8+. The molecule has 0 radical (unpaired) electrons. The zero-order valence-electron chi connectivity index (χ0n) is 9.22. The first kappa shape index (κ1) is 12.2. The van der Waals surface area contributed by atoms with E-state index < -0.39 is 8.07 Å². The van der Waals surface area contributed by atoms with Gasteiger partial charge in [0, 0.05) is 0 Å². The average molecular weight is 192 g/mol. The summed E-state index contributed by atoms with van der Waals surface area (Å²) in [6, 6.07) is 0. The molecule has 0 aromatic heterocycles. The van der Waals surface area contributed by atoms with E-state index >= 15 is 0 Å². The lowest BCUT2D eigenvalue weighted by Crippen LogP contribution is -2.19. The molecule has 0 fully saturated rings. The Hall–Kier alpha value is -0.823. The lowest BCUT2D eigenvalue weighted by molar-refractivity contribution is 1.55. The summed E-state index contributed by atoms with van der Waals surface area (Å²) >= 11 is 0. The number of rotatable bonds is 4. The maximum absolute atomic E-state index is 3.85. The lowest BCUT2D eigenvalue weighted by Gasteiger charge is -2.11. The molecule has 0 amide bonds. The molecule has 0 aliphatic carbocycles. The maximum Gasteiger partial charge on any atom is 0.0954 e. The predicted molar refractivity (Wildman–Crippen MR) is 65.4 cm³/mol. The van der Waals surface area contributed by atoms with Crippen LogP contribution in [0.1, 0.15) is 13.8 Å². The molecule has 0 unspecified atom stereocenters. The summed E-state index contributed by atoms with van der Waals surface area (Å²) in [5.41, 5.74) is 6.80. The molecule has 1 heteroatoms. The zero-order valence-corrected chi connectivity index (χ0v) is 10.2. The molecule has 13 heavy (non-hydrogen) atoms. The van der Waals surface area contributed by atoms with Crippen molar-refractivity contribution in [3.8, 4) is 0 Å². The van der Waals surface area contributed by atoms with Crippen LogP contribution in [0.2, 0.25) is 13.1 Å². The summed E-state index contributed by atoms with van der Waals surface area (Å²) in [5, 5.41) is 0. The monoisotopic (exact) mass is 192 g/mol. The van der Waals surface area contributed by atoms with E-state index in [0.717, 1.165) is 11.1 Å². The smallest absolute Gasteiger partial charge is 0.0954 e. The minimum atomic E-state index is -1.31. The van der Waals surface area contributed by atoms with Gasteiger partial charge in [0.05, 0.1) is 8.07 Å². The first-order valence-electron chi connectivity index (χ1n) is 4.53. The molecule has 0 aromatic rings. The second kappa shape index (κ2) is 5.03. The minimum absolute atomic E-state index is 1.12. The second-order valence-corrected chi connectivity index (χ2v) is 8.49. The van der Waals surface area contributed by atoms with Crippen molar-refractivity contribution in [2.24, 2.45) is 0 Å². The predicted octanol–water partition coefficient (Wildman–Crippen LogP) is 4.04. The quantitative estimate of drug-likeness (QED) is 0.466. The molecule has 0 aliphatic rings. The van der Waals surface area contributed by atoms with Gasteiger partial charge in [0.25, 0.3) is 0 Å². The Morgan fingerprint density at radius 2 is 1.23 bits per heavy atom. The van der Waals surface area contributed by atoms with Crippen LogP contribution in [0.25, 0.3) is 0 Å². The third-order valence-corrected chi connectivity index (χ3v) is 3.65. The normalized spacial score (nSPS) is 12.6. The lowest BCUT2D eigenvalue weighted by atomic mass is 10.4. The van der Waals surface area contributed by atoms with E-state index in [1.54, 1.807) is 0 Å². The zero-order chi connectivity index (χ0) is 10.5. The van der Waals surface area contributed by atoms with Gasteiger partial charge in [-0.1, -0.05) is 60.9 Å². The molecule has 0 bridgehead atoms. The Bertz CT molecular complexity index is 228. The molecule has 72 valence electrons. The molecule has 0 saturated carbocycles. The van der Waals surface area contributed by atoms with E-state index in [1.165, 1.54) is 0 Å². The maximum atomic E-state index is 3.85. The van der Waals surface area contributed by atoms with Crippen LogP contribution in [-0.4, -0.2) is 8.07 Å². The summed E-state index contributed by atoms with van der Waals surface area (Å²) in [4.78, 5) is 0. The van der Waals surface area contributed by atoms with Gasteiger partial charge in [-0.2, -0.15) is 0 Å². The molecule has 0 atom stereocenters. The molecule has 0 aromatic carbocycles. The van der Waals surface area contributed by atoms with E-state index in [1.807, 2.05) is 13.8 Å². The third-order valence-electron chi connectivity index (χ3n) is 1.59. The van der Waals surface area contributed by atoms with Crippen molar-refractivity contribution >= 4 is 8.07 Å². The fraction of sp³-hybridized carbons (Fsp3) is 0.333. The summed E-state index contributed by atoms with van der Waals surface area (Å²) in [7, 11) is -1.31. The molecule has 0 rings (SSSR count). The Morgan fingerprint density at radius 3 is 1.46 bits per heavy atom. The van der Waals surface area contributed by atoms with Crippen LogP contribution in [0.3, 0.4) is 0 Å². The highest BCUT2D eigenvalue weighted by Crippen LogP contribution is 2.08. The van der Waals surface area contributed by atoms with Crippen LogP contribution >= 0.6 is 0 Å². The van der Waals surface area contributed by atoms with Crippen molar-refractivity contribution in [1.82, 2.24) is 0 Å². The molecular formula is C12H20Si. The summed E-state index contributed by atoms with van der Waals surface area (Å²) in [6.45, 7) is 16.3. The Kier molecular flexibility index (Phi) is 4.71. The molecular weight excluding hydrogens is 172 g/mol. The summed E-state index contributed by atoms with van der Waals surface area (Å²) < 4.78 is 0. The van der Waals surface area contributed by atoms with Gasteiger partial charge in [-0.05, 0) is 13.8 Å². The van der Waals surface area contributed by atoms with Crippen molar-refractivity contribution in [2.45, 2.75) is 26.9 Å².